The molecule has 2 aromatic rings. The van der Waals surface area contributed by atoms with Gasteiger partial charge in [-0.3, -0.25) is 0 Å². The van der Waals surface area contributed by atoms with Gasteiger partial charge in [0.1, 0.15) is 0 Å². The number of carbonyl (C=O) groups is 1. The van der Waals surface area contributed by atoms with E-state index in [0.717, 1.165) is 49.3 Å². The Labute approximate surface area is 191 Å². The number of methoxy groups -OCH3 is 2. The molecule has 32 heavy (non-hydrogen) atoms. The number of benzene rings is 2. The molecule has 2 aliphatic rings. The summed E-state index contributed by atoms with van der Waals surface area (Å²) in [4.78, 5) is 15.0. The highest BCUT2D eigenvalue weighted by molar-refractivity contribution is 5.74. The number of rotatable bonds is 6. The number of hydrogen-bond donors (Lipinski definition) is 2. The number of fused-ring (bicyclic) bond motifs is 1. The highest BCUT2D eigenvalue weighted by Gasteiger charge is 2.50. The Hall–Kier alpha value is -2.73. The van der Waals surface area contributed by atoms with Crippen molar-refractivity contribution in [3.8, 4) is 11.5 Å². The number of aryl methyl sites for hydroxylation is 1. The highest BCUT2D eigenvalue weighted by atomic mass is 16.5. The van der Waals surface area contributed by atoms with Crippen molar-refractivity contribution in [1.29, 1.82) is 0 Å². The molecule has 172 valence electrons. The van der Waals surface area contributed by atoms with E-state index in [4.69, 9.17) is 9.47 Å². The molecule has 0 aromatic heterocycles. The summed E-state index contributed by atoms with van der Waals surface area (Å²) < 4.78 is 11.0. The number of ether oxygens (including phenoxy) is 2. The molecule has 1 saturated heterocycles. The predicted octanol–water partition coefficient (Wildman–Crippen LogP) is 4.01. The van der Waals surface area contributed by atoms with Crippen molar-refractivity contribution in [3.05, 3.63) is 59.2 Å². The van der Waals surface area contributed by atoms with Crippen molar-refractivity contribution >= 4 is 6.03 Å². The maximum atomic E-state index is 12.6. The average Bonchev–Trinajstić information content (AvgIpc) is 3.14. The summed E-state index contributed by atoms with van der Waals surface area (Å²) in [5, 5.41) is 6.24. The minimum atomic E-state index is -0.0872. The molecule has 4 rings (SSSR count). The normalized spacial score (nSPS) is 25.1. The van der Waals surface area contributed by atoms with Gasteiger partial charge in [0.25, 0.3) is 0 Å². The van der Waals surface area contributed by atoms with Crippen molar-refractivity contribution in [2.45, 2.75) is 56.7 Å². The zero-order chi connectivity index (χ0) is 22.7. The smallest absolute Gasteiger partial charge is 0.315 e. The van der Waals surface area contributed by atoms with Crippen LogP contribution in [0.5, 0.6) is 11.5 Å². The van der Waals surface area contributed by atoms with Gasteiger partial charge >= 0.3 is 6.03 Å². The minimum Gasteiger partial charge on any atom is -0.493 e. The number of urea groups is 1. The largest absolute Gasteiger partial charge is 0.493 e. The van der Waals surface area contributed by atoms with Crippen LogP contribution in [0.2, 0.25) is 0 Å². The van der Waals surface area contributed by atoms with E-state index >= 15 is 0 Å². The molecule has 1 heterocycles. The Kier molecular flexibility index (Phi) is 6.60. The van der Waals surface area contributed by atoms with Crippen molar-refractivity contribution < 1.29 is 14.3 Å². The Morgan fingerprint density at radius 2 is 1.94 bits per heavy atom. The van der Waals surface area contributed by atoms with Gasteiger partial charge in [0.15, 0.2) is 11.5 Å². The number of amides is 2. The maximum absolute atomic E-state index is 12.6. The molecule has 2 fully saturated rings. The second-order valence-electron chi connectivity index (χ2n) is 9.26. The van der Waals surface area contributed by atoms with E-state index in [2.05, 4.69) is 53.8 Å². The van der Waals surface area contributed by atoms with Crippen LogP contribution in [0.1, 0.15) is 42.4 Å². The number of likely N-dealkylation sites (tertiary alicyclic amines) is 1. The van der Waals surface area contributed by atoms with Gasteiger partial charge in [0.05, 0.1) is 14.2 Å². The molecule has 6 nitrogen and oxygen atoms in total. The molecule has 2 N–H and O–H groups in total. The molecule has 1 aliphatic carbocycles. The Morgan fingerprint density at radius 3 is 2.69 bits per heavy atom. The molecule has 0 unspecified atom stereocenters. The van der Waals surface area contributed by atoms with Gasteiger partial charge in [0, 0.05) is 24.0 Å². The zero-order valence-corrected chi connectivity index (χ0v) is 19.6. The molecule has 1 aliphatic heterocycles. The Bertz CT molecular complexity index is 963. The van der Waals surface area contributed by atoms with Gasteiger partial charge in [-0.25, -0.2) is 4.79 Å². The Balaban J connectivity index is 1.42. The van der Waals surface area contributed by atoms with E-state index in [1.165, 1.54) is 11.1 Å². The van der Waals surface area contributed by atoms with E-state index in [0.29, 0.717) is 12.6 Å². The first kappa shape index (κ1) is 22.5. The van der Waals surface area contributed by atoms with E-state index in [9.17, 15) is 4.79 Å². The molecule has 0 spiro atoms. The summed E-state index contributed by atoms with van der Waals surface area (Å²) in [6.45, 7) is 3.67. The summed E-state index contributed by atoms with van der Waals surface area (Å²) in [5.41, 5.74) is 3.72. The summed E-state index contributed by atoms with van der Waals surface area (Å²) in [6.07, 6.45) is 4.08. The van der Waals surface area contributed by atoms with Gasteiger partial charge < -0.3 is 25.0 Å². The third-order valence-corrected chi connectivity index (χ3v) is 7.36. The first-order chi connectivity index (χ1) is 15.4. The van der Waals surface area contributed by atoms with Crippen LogP contribution >= 0.6 is 0 Å². The fourth-order valence-corrected chi connectivity index (χ4v) is 5.64. The fraction of sp³-hybridized carbons (Fsp3) is 0.500. The SMILES string of the molecule is COc1ccc([C@@]23CC[C@@H](NC(=O)NCc4cccc(C)c4)C[C@@H]2N(C)CC3)cc1OC. The summed E-state index contributed by atoms with van der Waals surface area (Å²) in [7, 11) is 5.56. The molecule has 2 amide bonds. The lowest BCUT2D eigenvalue weighted by Gasteiger charge is -2.45. The van der Waals surface area contributed by atoms with E-state index in [1.807, 2.05) is 18.2 Å². The quantitative estimate of drug-likeness (QED) is 0.717. The van der Waals surface area contributed by atoms with Gasteiger partial charge in [-0.2, -0.15) is 0 Å². The fourth-order valence-electron chi connectivity index (χ4n) is 5.64. The van der Waals surface area contributed by atoms with Gasteiger partial charge in [-0.05, 0) is 69.5 Å². The standard InChI is InChI=1S/C26H35N3O3/c1-18-6-5-7-19(14-18)17-27-25(30)28-21-10-11-26(12-13-29(2)24(26)16-21)20-8-9-22(31-3)23(15-20)32-4/h5-9,14-15,21,24H,10-13,16-17H2,1-4H3,(H2,27,28,30)/t21-,24+,26+/m1/s1. The number of hydrogen-bond acceptors (Lipinski definition) is 4. The first-order valence-electron chi connectivity index (χ1n) is 11.5. The zero-order valence-electron chi connectivity index (χ0n) is 19.6. The van der Waals surface area contributed by atoms with Gasteiger partial charge in [-0.1, -0.05) is 35.9 Å². The number of nitrogens with one attached hydrogen (secondary N) is 2. The summed E-state index contributed by atoms with van der Waals surface area (Å²) >= 11 is 0. The van der Waals surface area contributed by atoms with Crippen LogP contribution in [0.15, 0.2) is 42.5 Å². The summed E-state index contributed by atoms with van der Waals surface area (Å²) in [5.74, 6) is 1.54. The molecule has 2 aromatic carbocycles. The van der Waals surface area contributed by atoms with Crippen LogP contribution in [0.25, 0.3) is 0 Å². The molecule has 1 saturated carbocycles. The molecular formula is C26H35N3O3. The molecule has 3 atom stereocenters. The number of carbonyl (C=O) groups excluding carboxylic acids is 1. The Morgan fingerprint density at radius 1 is 1.12 bits per heavy atom. The lowest BCUT2D eigenvalue weighted by Crippen LogP contribution is -2.53. The second kappa shape index (κ2) is 9.41. The van der Waals surface area contributed by atoms with Crippen molar-refractivity contribution in [2.24, 2.45) is 0 Å². The van der Waals surface area contributed by atoms with Crippen molar-refractivity contribution in [1.82, 2.24) is 15.5 Å². The lowest BCUT2D eigenvalue weighted by atomic mass is 9.65. The minimum absolute atomic E-state index is 0.0872. The van der Waals surface area contributed by atoms with E-state index in [-0.39, 0.29) is 17.5 Å². The molecule has 6 heteroatoms. The molecular weight excluding hydrogens is 402 g/mol. The van der Waals surface area contributed by atoms with Gasteiger partial charge in [-0.15, -0.1) is 0 Å². The van der Waals surface area contributed by atoms with Crippen LogP contribution in [-0.2, 0) is 12.0 Å². The van der Waals surface area contributed by atoms with Crippen molar-refractivity contribution in [3.63, 3.8) is 0 Å². The summed E-state index contributed by atoms with van der Waals surface area (Å²) in [6, 6.07) is 15.1. The van der Waals surface area contributed by atoms with Crippen LogP contribution < -0.4 is 20.1 Å². The first-order valence-corrected chi connectivity index (χ1v) is 11.5. The average molecular weight is 438 g/mol. The second-order valence-corrected chi connectivity index (χ2v) is 9.26. The van der Waals surface area contributed by atoms with Crippen molar-refractivity contribution in [2.75, 3.05) is 27.8 Å². The number of nitrogens with zero attached hydrogens (tertiary/aromatic N) is 1. The molecule has 0 bridgehead atoms. The van der Waals surface area contributed by atoms with E-state index in [1.54, 1.807) is 14.2 Å². The number of likely N-dealkylation sites (N-methyl/N-ethyl adjacent to an activating group) is 1. The third kappa shape index (κ3) is 4.42. The topological polar surface area (TPSA) is 62.8 Å². The predicted molar refractivity (Wildman–Crippen MR) is 126 cm³/mol. The van der Waals surface area contributed by atoms with Gasteiger partial charge in [0.2, 0.25) is 0 Å². The third-order valence-electron chi connectivity index (χ3n) is 7.36. The maximum Gasteiger partial charge on any atom is 0.315 e. The monoisotopic (exact) mass is 437 g/mol. The van der Waals surface area contributed by atoms with E-state index < -0.39 is 0 Å². The van der Waals surface area contributed by atoms with Crippen LogP contribution in [0.4, 0.5) is 4.79 Å². The van der Waals surface area contributed by atoms with Crippen LogP contribution in [0, 0.1) is 6.92 Å². The molecule has 0 radical (unpaired) electrons. The highest BCUT2D eigenvalue weighted by Crippen LogP contribution is 2.49. The van der Waals surface area contributed by atoms with Crippen LogP contribution in [0.3, 0.4) is 0 Å². The van der Waals surface area contributed by atoms with Crippen LogP contribution in [-0.4, -0.2) is 50.8 Å². The lowest BCUT2D eigenvalue weighted by molar-refractivity contribution is 0.154.